The Labute approximate surface area is 143 Å². The van der Waals surface area contributed by atoms with Crippen molar-refractivity contribution in [1.82, 2.24) is 14.2 Å². The van der Waals surface area contributed by atoms with Gasteiger partial charge in [0.1, 0.15) is 12.0 Å². The topological polar surface area (TPSA) is 107 Å². The first kappa shape index (κ1) is 18.0. The molecule has 3 heterocycles. The molecule has 0 aromatic carbocycles. The molecule has 2 aliphatic heterocycles. The number of morpholine rings is 1. The fourth-order valence-electron chi connectivity index (χ4n) is 3.01. The monoisotopic (exact) mass is 359 g/mol. The number of aromatic nitrogens is 2. The molecule has 0 bridgehead atoms. The molecule has 3 atom stereocenters. The minimum Gasteiger partial charge on any atom is -0.379 e. The van der Waals surface area contributed by atoms with E-state index in [-0.39, 0.29) is 12.3 Å². The van der Waals surface area contributed by atoms with Gasteiger partial charge in [0.25, 0.3) is 8.53 Å². The quantitative estimate of drug-likeness (QED) is 0.609. The molecule has 4 N–H and O–H groups in total. The summed E-state index contributed by atoms with van der Waals surface area (Å²) in [6, 6.07) is 0. The molecule has 10 heteroatoms. The molecule has 9 nitrogen and oxygen atoms in total. The molecule has 0 aliphatic carbocycles. The van der Waals surface area contributed by atoms with E-state index in [1.807, 2.05) is 16.3 Å². The van der Waals surface area contributed by atoms with E-state index in [1.165, 1.54) is 0 Å². The molecule has 0 amide bonds. The first-order valence-corrected chi connectivity index (χ1v) is 9.43. The Morgan fingerprint density at radius 3 is 2.96 bits per heavy atom. The maximum absolute atomic E-state index is 10.2. The van der Waals surface area contributed by atoms with Gasteiger partial charge in [0.05, 0.1) is 37.9 Å². The number of rotatable bonds is 7. The Balaban J connectivity index is 1.49. The molecule has 0 radical (unpaired) electrons. The molecule has 24 heavy (non-hydrogen) atoms. The molecule has 2 saturated heterocycles. The van der Waals surface area contributed by atoms with Gasteiger partial charge in [-0.15, -0.1) is 0 Å². The van der Waals surface area contributed by atoms with E-state index < -0.39 is 8.53 Å². The highest BCUT2D eigenvalue weighted by molar-refractivity contribution is 7.43. The first-order valence-electron chi connectivity index (χ1n) is 8.26. The Hall–Kier alpha value is -0.800. The maximum Gasteiger partial charge on any atom is 0.256 e. The number of hydrogen-bond donors (Lipinski definition) is 3. The lowest BCUT2D eigenvalue weighted by molar-refractivity contribution is -0.0191. The van der Waals surface area contributed by atoms with Crippen molar-refractivity contribution in [1.29, 1.82) is 0 Å². The summed E-state index contributed by atoms with van der Waals surface area (Å²) < 4.78 is 20.9. The zero-order chi connectivity index (χ0) is 16.9. The van der Waals surface area contributed by atoms with Crippen molar-refractivity contribution in [3.05, 3.63) is 12.0 Å². The van der Waals surface area contributed by atoms with E-state index in [1.54, 1.807) is 6.33 Å². The molecular formula is C14H26N5O4P. The zero-order valence-electron chi connectivity index (χ0n) is 13.9. The van der Waals surface area contributed by atoms with E-state index in [2.05, 4.69) is 10.3 Å². The van der Waals surface area contributed by atoms with Gasteiger partial charge in [-0.3, -0.25) is 4.57 Å². The van der Waals surface area contributed by atoms with E-state index in [0.717, 1.165) is 24.4 Å². The molecule has 1 aromatic heterocycles. The standard InChI is InChI=1S/C14H26N5O4P/c1-16-14-12(8-15)17-10-19(14)13-3-2-11(23-13)9-22-24(20)18-4-6-21-7-5-18/h10-11,13,16,20H,2-9,15H2,1H3. The van der Waals surface area contributed by atoms with Crippen molar-refractivity contribution in [2.45, 2.75) is 31.7 Å². The summed E-state index contributed by atoms with van der Waals surface area (Å²) in [6.07, 6.45) is 3.42. The second-order valence-electron chi connectivity index (χ2n) is 5.81. The second-order valence-corrected chi connectivity index (χ2v) is 7.14. The number of nitrogens with zero attached hydrogens (tertiary/aromatic N) is 3. The highest BCUT2D eigenvalue weighted by Crippen LogP contribution is 2.39. The Kier molecular flexibility index (Phi) is 6.40. The van der Waals surface area contributed by atoms with Crippen LogP contribution in [-0.4, -0.2) is 65.2 Å². The van der Waals surface area contributed by atoms with E-state index in [9.17, 15) is 4.89 Å². The lowest BCUT2D eigenvalue weighted by atomic mass is 10.2. The van der Waals surface area contributed by atoms with Gasteiger partial charge in [-0.2, -0.15) is 0 Å². The normalized spacial score (nSPS) is 26.6. The largest absolute Gasteiger partial charge is 0.379 e. The van der Waals surface area contributed by atoms with Gasteiger partial charge in [-0.25, -0.2) is 9.65 Å². The summed E-state index contributed by atoms with van der Waals surface area (Å²) in [5.41, 5.74) is 6.53. The van der Waals surface area contributed by atoms with E-state index in [0.29, 0.717) is 39.5 Å². The lowest BCUT2D eigenvalue weighted by Crippen LogP contribution is -2.33. The molecule has 0 saturated carbocycles. The number of anilines is 1. The summed E-state index contributed by atoms with van der Waals surface area (Å²) in [5.74, 6) is 0.891. The fraction of sp³-hybridized carbons (Fsp3) is 0.786. The molecule has 2 fully saturated rings. The Bertz CT molecular complexity index is 525. The summed E-state index contributed by atoms with van der Waals surface area (Å²) in [4.78, 5) is 14.5. The maximum atomic E-state index is 10.2. The minimum absolute atomic E-state index is 0.0263. The smallest absolute Gasteiger partial charge is 0.256 e. The van der Waals surface area contributed by atoms with Crippen LogP contribution < -0.4 is 11.1 Å². The Morgan fingerprint density at radius 1 is 1.46 bits per heavy atom. The highest BCUT2D eigenvalue weighted by atomic mass is 31.2. The molecule has 3 rings (SSSR count). The third kappa shape index (κ3) is 4.05. The van der Waals surface area contributed by atoms with Crippen LogP contribution in [0.5, 0.6) is 0 Å². The van der Waals surface area contributed by atoms with Crippen molar-refractivity contribution in [2.75, 3.05) is 45.3 Å². The van der Waals surface area contributed by atoms with Crippen LogP contribution in [-0.2, 0) is 20.5 Å². The molecule has 136 valence electrons. The van der Waals surface area contributed by atoms with Crippen LogP contribution >= 0.6 is 8.53 Å². The molecule has 1 aromatic rings. The van der Waals surface area contributed by atoms with Gasteiger partial charge in [0.15, 0.2) is 0 Å². The lowest BCUT2D eigenvalue weighted by Gasteiger charge is -2.29. The summed E-state index contributed by atoms with van der Waals surface area (Å²) in [6.45, 7) is 3.47. The van der Waals surface area contributed by atoms with Crippen molar-refractivity contribution in [3.63, 3.8) is 0 Å². The van der Waals surface area contributed by atoms with Crippen molar-refractivity contribution >= 4 is 14.3 Å². The van der Waals surface area contributed by atoms with Crippen LogP contribution in [0.15, 0.2) is 6.33 Å². The zero-order valence-corrected chi connectivity index (χ0v) is 14.8. The van der Waals surface area contributed by atoms with Crippen LogP contribution in [0.2, 0.25) is 0 Å². The number of hydrogen-bond acceptors (Lipinski definition) is 8. The summed E-state index contributed by atoms with van der Waals surface area (Å²) in [7, 11) is 0.285. The van der Waals surface area contributed by atoms with Crippen LogP contribution in [0.1, 0.15) is 24.8 Å². The highest BCUT2D eigenvalue weighted by Gasteiger charge is 2.30. The van der Waals surface area contributed by atoms with Gasteiger partial charge < -0.3 is 29.9 Å². The van der Waals surface area contributed by atoms with Gasteiger partial charge in [0.2, 0.25) is 0 Å². The first-order chi connectivity index (χ1) is 11.7. The molecule has 3 unspecified atom stereocenters. The number of nitrogens with two attached hydrogens (primary N) is 1. The fourth-order valence-corrected chi connectivity index (χ4v) is 3.98. The van der Waals surface area contributed by atoms with Crippen LogP contribution in [0.4, 0.5) is 5.82 Å². The van der Waals surface area contributed by atoms with Crippen LogP contribution in [0, 0.1) is 0 Å². The van der Waals surface area contributed by atoms with Crippen molar-refractivity contribution < 1.29 is 18.9 Å². The van der Waals surface area contributed by atoms with Gasteiger partial charge >= 0.3 is 0 Å². The second kappa shape index (κ2) is 8.53. The van der Waals surface area contributed by atoms with Crippen molar-refractivity contribution in [3.8, 4) is 0 Å². The van der Waals surface area contributed by atoms with Crippen LogP contribution in [0.25, 0.3) is 0 Å². The van der Waals surface area contributed by atoms with E-state index >= 15 is 0 Å². The minimum atomic E-state index is -1.57. The SMILES string of the molecule is CNc1c(CN)ncn1C1CCC(COP(O)N2CCOCC2)O1. The summed E-state index contributed by atoms with van der Waals surface area (Å²) in [5, 5.41) is 3.13. The summed E-state index contributed by atoms with van der Waals surface area (Å²) >= 11 is 0. The third-order valence-electron chi connectivity index (χ3n) is 4.30. The average Bonchev–Trinajstić information content (AvgIpc) is 3.26. The van der Waals surface area contributed by atoms with Crippen LogP contribution in [0.3, 0.4) is 0 Å². The van der Waals surface area contributed by atoms with Crippen molar-refractivity contribution in [2.24, 2.45) is 5.73 Å². The van der Waals surface area contributed by atoms with Gasteiger partial charge in [-0.05, 0) is 12.8 Å². The Morgan fingerprint density at radius 2 is 2.25 bits per heavy atom. The molecule has 0 spiro atoms. The molecular weight excluding hydrogens is 333 g/mol. The average molecular weight is 359 g/mol. The van der Waals surface area contributed by atoms with Gasteiger partial charge in [-0.1, -0.05) is 0 Å². The molecule has 2 aliphatic rings. The number of nitrogens with one attached hydrogen (secondary N) is 1. The number of ether oxygens (including phenoxy) is 2. The van der Waals surface area contributed by atoms with Gasteiger partial charge in [0, 0.05) is 26.7 Å². The predicted octanol–water partition coefficient (Wildman–Crippen LogP) is 0.629. The van der Waals surface area contributed by atoms with E-state index in [4.69, 9.17) is 19.7 Å². The predicted molar refractivity (Wildman–Crippen MR) is 90.3 cm³/mol. The number of imidazole rings is 1. The third-order valence-corrected chi connectivity index (χ3v) is 5.56.